The van der Waals surface area contributed by atoms with Crippen LogP contribution in [-0.2, 0) is 15.0 Å². The Morgan fingerprint density at radius 1 is 1.50 bits per heavy atom. The lowest BCUT2D eigenvalue weighted by Crippen LogP contribution is -2.33. The number of hydrogen-bond donors (Lipinski definition) is 0. The van der Waals surface area contributed by atoms with Crippen LogP contribution in [0.1, 0.15) is 6.42 Å². The zero-order valence-electron chi connectivity index (χ0n) is 9.52. The molecule has 0 bridgehead atoms. The first kappa shape index (κ1) is 13.4. The molecule has 0 aromatic carbocycles. The summed E-state index contributed by atoms with van der Waals surface area (Å²) in [6.45, 7) is 1.63. The van der Waals surface area contributed by atoms with Crippen molar-refractivity contribution in [3.8, 4) is 0 Å². The molecule has 94 valence electrons. The van der Waals surface area contributed by atoms with Crippen molar-refractivity contribution in [2.24, 2.45) is 5.92 Å². The van der Waals surface area contributed by atoms with E-state index in [4.69, 9.17) is 0 Å². The standard InChI is InChI=1S/C9H17FN2O3S/c1-11(2)3-4-12-6-8(5-9(12)13)7-16(10,14)15/h8H,3-7H2,1-2H3. The SMILES string of the molecule is CN(C)CCN1CC(CS(=O)(=O)F)CC1=O. The predicted octanol–water partition coefficient (Wildman–Crippen LogP) is -0.304. The van der Waals surface area contributed by atoms with Crippen LogP contribution in [0.25, 0.3) is 0 Å². The van der Waals surface area contributed by atoms with Crippen molar-refractivity contribution in [1.29, 1.82) is 0 Å². The minimum absolute atomic E-state index is 0.0875. The molecule has 0 aromatic rings. The first-order chi connectivity index (χ1) is 7.28. The van der Waals surface area contributed by atoms with Crippen molar-refractivity contribution in [1.82, 2.24) is 9.80 Å². The second-order valence-electron chi connectivity index (χ2n) is 4.42. The van der Waals surface area contributed by atoms with Crippen LogP contribution in [0.15, 0.2) is 0 Å². The van der Waals surface area contributed by atoms with E-state index in [1.54, 1.807) is 4.90 Å². The van der Waals surface area contributed by atoms with Crippen molar-refractivity contribution in [2.75, 3.05) is 39.5 Å². The lowest BCUT2D eigenvalue weighted by atomic mass is 10.1. The fourth-order valence-corrected chi connectivity index (χ4v) is 2.57. The van der Waals surface area contributed by atoms with Gasteiger partial charge in [-0.3, -0.25) is 4.79 Å². The molecule has 5 nitrogen and oxygen atoms in total. The summed E-state index contributed by atoms with van der Waals surface area (Å²) in [5.74, 6) is -1.03. The monoisotopic (exact) mass is 252 g/mol. The van der Waals surface area contributed by atoms with Gasteiger partial charge in [0, 0.05) is 32.0 Å². The van der Waals surface area contributed by atoms with Gasteiger partial charge in [0.25, 0.3) is 0 Å². The molecule has 1 saturated heterocycles. The molecular weight excluding hydrogens is 235 g/mol. The molecular formula is C9H17FN2O3S. The summed E-state index contributed by atoms with van der Waals surface area (Å²) in [6.07, 6.45) is 0.135. The molecule has 1 heterocycles. The van der Waals surface area contributed by atoms with Gasteiger partial charge in [-0.1, -0.05) is 0 Å². The molecule has 1 rings (SSSR count). The van der Waals surface area contributed by atoms with Crippen LogP contribution in [0.4, 0.5) is 3.89 Å². The average Bonchev–Trinajstić information content (AvgIpc) is 2.39. The third kappa shape index (κ3) is 4.44. The molecule has 0 aromatic heterocycles. The number of likely N-dealkylation sites (tertiary alicyclic amines) is 1. The highest BCUT2D eigenvalue weighted by Gasteiger charge is 2.32. The summed E-state index contributed by atoms with van der Waals surface area (Å²) in [6, 6.07) is 0. The van der Waals surface area contributed by atoms with Crippen LogP contribution in [-0.4, -0.2) is 63.6 Å². The Kier molecular flexibility index (Phi) is 4.26. The van der Waals surface area contributed by atoms with E-state index in [1.165, 1.54) is 0 Å². The Labute approximate surface area is 95.4 Å². The Bertz CT molecular complexity index is 356. The van der Waals surface area contributed by atoms with E-state index in [9.17, 15) is 17.1 Å². The highest BCUT2D eigenvalue weighted by Crippen LogP contribution is 2.19. The van der Waals surface area contributed by atoms with Crippen molar-refractivity contribution < 1.29 is 17.1 Å². The van der Waals surface area contributed by atoms with Crippen molar-refractivity contribution in [3.05, 3.63) is 0 Å². The smallest absolute Gasteiger partial charge is 0.302 e. The van der Waals surface area contributed by atoms with Gasteiger partial charge in [0.2, 0.25) is 5.91 Å². The van der Waals surface area contributed by atoms with E-state index in [2.05, 4.69) is 0 Å². The van der Waals surface area contributed by atoms with Crippen LogP contribution >= 0.6 is 0 Å². The Hall–Kier alpha value is -0.690. The van der Waals surface area contributed by atoms with Gasteiger partial charge in [-0.15, -0.1) is 3.89 Å². The molecule has 1 amide bonds. The first-order valence-electron chi connectivity index (χ1n) is 5.13. The molecule has 0 saturated carbocycles. The van der Waals surface area contributed by atoms with Gasteiger partial charge in [-0.2, -0.15) is 8.42 Å². The molecule has 1 unspecified atom stereocenters. The van der Waals surface area contributed by atoms with Crippen molar-refractivity contribution >= 4 is 16.1 Å². The summed E-state index contributed by atoms with van der Waals surface area (Å²) in [5.41, 5.74) is 0. The summed E-state index contributed by atoms with van der Waals surface area (Å²) in [4.78, 5) is 15.0. The number of amides is 1. The van der Waals surface area contributed by atoms with E-state index in [0.29, 0.717) is 13.1 Å². The quantitative estimate of drug-likeness (QED) is 0.630. The topological polar surface area (TPSA) is 57.7 Å². The molecule has 0 radical (unpaired) electrons. The minimum atomic E-state index is -4.47. The van der Waals surface area contributed by atoms with Gasteiger partial charge in [-0.25, -0.2) is 0 Å². The van der Waals surface area contributed by atoms with E-state index in [-0.39, 0.29) is 12.3 Å². The summed E-state index contributed by atoms with van der Waals surface area (Å²) in [5, 5.41) is 0. The average molecular weight is 252 g/mol. The second kappa shape index (κ2) is 5.09. The maximum Gasteiger partial charge on any atom is 0.302 e. The van der Waals surface area contributed by atoms with Gasteiger partial charge in [0.15, 0.2) is 0 Å². The maximum absolute atomic E-state index is 12.4. The number of likely N-dealkylation sites (N-methyl/N-ethyl adjacent to an activating group) is 1. The zero-order valence-corrected chi connectivity index (χ0v) is 10.3. The van der Waals surface area contributed by atoms with Crippen molar-refractivity contribution in [3.63, 3.8) is 0 Å². The molecule has 0 spiro atoms. The van der Waals surface area contributed by atoms with Crippen LogP contribution in [0.3, 0.4) is 0 Å². The number of carbonyl (C=O) groups excluding carboxylic acids is 1. The molecule has 1 aliphatic rings. The fourth-order valence-electron chi connectivity index (χ4n) is 1.78. The zero-order chi connectivity index (χ0) is 12.3. The van der Waals surface area contributed by atoms with Crippen molar-refractivity contribution in [2.45, 2.75) is 6.42 Å². The van der Waals surface area contributed by atoms with E-state index < -0.39 is 21.9 Å². The molecule has 7 heteroatoms. The van der Waals surface area contributed by atoms with Crippen LogP contribution in [0, 0.1) is 5.92 Å². The molecule has 0 aliphatic carbocycles. The fraction of sp³-hybridized carbons (Fsp3) is 0.889. The van der Waals surface area contributed by atoms with E-state index in [1.807, 2.05) is 19.0 Å². The summed E-state index contributed by atoms with van der Waals surface area (Å²) >= 11 is 0. The van der Waals surface area contributed by atoms with E-state index in [0.717, 1.165) is 6.54 Å². The molecule has 1 aliphatic heterocycles. The Morgan fingerprint density at radius 2 is 2.12 bits per heavy atom. The molecule has 16 heavy (non-hydrogen) atoms. The highest BCUT2D eigenvalue weighted by atomic mass is 32.3. The lowest BCUT2D eigenvalue weighted by Gasteiger charge is -2.18. The summed E-state index contributed by atoms with van der Waals surface area (Å²) in [7, 11) is -0.689. The van der Waals surface area contributed by atoms with Crippen LogP contribution in [0.2, 0.25) is 0 Å². The maximum atomic E-state index is 12.4. The van der Waals surface area contributed by atoms with Gasteiger partial charge in [0.05, 0.1) is 5.75 Å². The minimum Gasteiger partial charge on any atom is -0.341 e. The second-order valence-corrected chi connectivity index (χ2v) is 5.83. The molecule has 0 N–H and O–H groups in total. The third-order valence-corrected chi connectivity index (χ3v) is 3.42. The largest absolute Gasteiger partial charge is 0.341 e. The Balaban J connectivity index is 2.44. The van der Waals surface area contributed by atoms with E-state index >= 15 is 0 Å². The number of nitrogens with zero attached hydrogens (tertiary/aromatic N) is 2. The number of rotatable bonds is 5. The van der Waals surface area contributed by atoms with Gasteiger partial charge >= 0.3 is 10.2 Å². The van der Waals surface area contributed by atoms with Crippen LogP contribution < -0.4 is 0 Å². The normalized spacial score (nSPS) is 22.1. The first-order valence-corrected chi connectivity index (χ1v) is 6.68. The van der Waals surface area contributed by atoms with Gasteiger partial charge in [0.1, 0.15) is 0 Å². The van der Waals surface area contributed by atoms with Crippen LogP contribution in [0.5, 0.6) is 0 Å². The molecule has 1 atom stereocenters. The lowest BCUT2D eigenvalue weighted by molar-refractivity contribution is -0.127. The number of halogens is 1. The number of hydrogen-bond acceptors (Lipinski definition) is 4. The van der Waals surface area contributed by atoms with Gasteiger partial charge in [-0.05, 0) is 14.1 Å². The predicted molar refractivity (Wildman–Crippen MR) is 58.1 cm³/mol. The Morgan fingerprint density at radius 3 is 2.62 bits per heavy atom. The molecule has 1 fully saturated rings. The summed E-state index contributed by atoms with van der Waals surface area (Å²) < 4.78 is 33.4. The van der Waals surface area contributed by atoms with Gasteiger partial charge < -0.3 is 9.80 Å². The third-order valence-electron chi connectivity index (χ3n) is 2.55. The highest BCUT2D eigenvalue weighted by molar-refractivity contribution is 7.86. The number of carbonyl (C=O) groups is 1.